The molecule has 0 amide bonds. The molecule has 0 saturated carbocycles. The van der Waals surface area contributed by atoms with Crippen LogP contribution in [-0.4, -0.2) is 40.8 Å². The number of hydrogen-bond donors (Lipinski definition) is 1. The Hall–Kier alpha value is -3.84. The zero-order chi connectivity index (χ0) is 26.2. The minimum atomic E-state index is -2.93. The number of nitrogens with two attached hydrogens (primary N) is 1. The standard InChI is InChI=1S/C23H22F2N6O2/c1-30-22(32)19(15-10-18(25)21(33-2)28-12-15)20(13-3-4-14(11-26)17(24)9-13)29-23(30)31-7-5-16(27)6-8-31/h3-4,9-10,12,16H,5-8,27H2,1-2H3/i1D3. The normalized spacial score (nSPS) is 16.0. The van der Waals surface area contributed by atoms with Crippen molar-refractivity contribution in [2.24, 2.45) is 12.7 Å². The molecule has 0 aliphatic carbocycles. The van der Waals surface area contributed by atoms with Crippen LogP contribution < -0.4 is 20.9 Å². The van der Waals surface area contributed by atoms with Crippen LogP contribution in [0.25, 0.3) is 22.4 Å². The SMILES string of the molecule is [2H]C([2H])([2H])n1c(N2CCC(N)CC2)nc(-c2ccc(C#N)c(F)c2)c(-c2cnc(OC)c(F)c2)c1=O. The lowest BCUT2D eigenvalue weighted by Crippen LogP contribution is -2.42. The van der Waals surface area contributed by atoms with Crippen molar-refractivity contribution in [3.8, 4) is 34.3 Å². The second-order valence-electron chi connectivity index (χ2n) is 7.62. The Balaban J connectivity index is 2.06. The van der Waals surface area contributed by atoms with E-state index in [1.807, 2.05) is 0 Å². The average molecular weight is 455 g/mol. The van der Waals surface area contributed by atoms with E-state index in [1.54, 1.807) is 11.0 Å². The fourth-order valence-corrected chi connectivity index (χ4v) is 3.76. The molecule has 0 unspecified atom stereocenters. The molecule has 0 bridgehead atoms. The van der Waals surface area contributed by atoms with Crippen LogP contribution in [0.15, 0.2) is 35.3 Å². The summed E-state index contributed by atoms with van der Waals surface area (Å²) < 4.78 is 58.7. The Labute approximate surface area is 193 Å². The van der Waals surface area contributed by atoms with Crippen LogP contribution in [0.1, 0.15) is 22.5 Å². The third-order valence-electron chi connectivity index (χ3n) is 5.54. The van der Waals surface area contributed by atoms with Gasteiger partial charge in [-0.05, 0) is 31.0 Å². The summed E-state index contributed by atoms with van der Waals surface area (Å²) in [5.74, 6) is -2.21. The molecule has 2 aromatic heterocycles. The number of methoxy groups -OCH3 is 1. The highest BCUT2D eigenvalue weighted by molar-refractivity contribution is 5.81. The van der Waals surface area contributed by atoms with Gasteiger partial charge >= 0.3 is 0 Å². The number of halogens is 2. The topological polar surface area (TPSA) is 110 Å². The lowest BCUT2D eigenvalue weighted by molar-refractivity contribution is 0.369. The van der Waals surface area contributed by atoms with Crippen LogP contribution in [0.4, 0.5) is 14.7 Å². The molecule has 0 radical (unpaired) electrons. The smallest absolute Gasteiger partial charge is 0.263 e. The number of hydrogen-bond acceptors (Lipinski definition) is 7. The summed E-state index contributed by atoms with van der Waals surface area (Å²) >= 11 is 0. The quantitative estimate of drug-likeness (QED) is 0.644. The molecule has 0 atom stereocenters. The van der Waals surface area contributed by atoms with E-state index in [0.29, 0.717) is 30.5 Å². The van der Waals surface area contributed by atoms with Crippen LogP contribution in [0.5, 0.6) is 5.88 Å². The number of aromatic nitrogens is 3. The van der Waals surface area contributed by atoms with E-state index in [4.69, 9.17) is 19.8 Å². The van der Waals surface area contributed by atoms with Crippen molar-refractivity contribution in [2.45, 2.75) is 18.9 Å². The molecule has 3 aromatic rings. The van der Waals surface area contributed by atoms with Gasteiger partial charge in [-0.3, -0.25) is 9.36 Å². The van der Waals surface area contributed by atoms with Crippen molar-refractivity contribution >= 4 is 5.95 Å². The van der Waals surface area contributed by atoms with E-state index < -0.39 is 24.2 Å². The molecule has 1 saturated heterocycles. The van der Waals surface area contributed by atoms with Crippen molar-refractivity contribution in [3.05, 3.63) is 58.0 Å². The zero-order valence-corrected chi connectivity index (χ0v) is 17.7. The Bertz CT molecular complexity index is 1410. The summed E-state index contributed by atoms with van der Waals surface area (Å²) in [5.41, 5.74) is 4.43. The minimum absolute atomic E-state index is 0.0733. The summed E-state index contributed by atoms with van der Waals surface area (Å²) in [4.78, 5) is 23.8. The second kappa shape index (κ2) is 8.96. The molecule has 33 heavy (non-hydrogen) atoms. The molecule has 0 spiro atoms. The maximum absolute atomic E-state index is 14.6. The van der Waals surface area contributed by atoms with Crippen LogP contribution in [-0.2, 0) is 6.98 Å². The summed E-state index contributed by atoms with van der Waals surface area (Å²) in [7, 11) is 1.22. The number of nitrogens with zero attached hydrogens (tertiary/aromatic N) is 5. The number of rotatable bonds is 4. The number of pyridine rings is 1. The van der Waals surface area contributed by atoms with E-state index >= 15 is 0 Å². The highest BCUT2D eigenvalue weighted by atomic mass is 19.1. The van der Waals surface area contributed by atoms with Gasteiger partial charge in [0.15, 0.2) is 5.82 Å². The van der Waals surface area contributed by atoms with E-state index in [-0.39, 0.29) is 45.8 Å². The predicted molar refractivity (Wildman–Crippen MR) is 119 cm³/mol. The highest BCUT2D eigenvalue weighted by Crippen LogP contribution is 2.32. The summed E-state index contributed by atoms with van der Waals surface area (Å²) in [6, 6.07) is 6.24. The molecule has 1 aliphatic heterocycles. The summed E-state index contributed by atoms with van der Waals surface area (Å²) in [6.07, 6.45) is 2.24. The Morgan fingerprint density at radius 3 is 2.58 bits per heavy atom. The van der Waals surface area contributed by atoms with Crippen molar-refractivity contribution < 1.29 is 17.6 Å². The van der Waals surface area contributed by atoms with E-state index in [0.717, 1.165) is 18.3 Å². The van der Waals surface area contributed by atoms with Crippen molar-refractivity contribution in [3.63, 3.8) is 0 Å². The Morgan fingerprint density at radius 1 is 1.24 bits per heavy atom. The average Bonchev–Trinajstić information content (AvgIpc) is 2.83. The number of piperidine rings is 1. The number of ether oxygens (including phenoxy) is 1. The fraction of sp³-hybridized carbons (Fsp3) is 0.304. The molecule has 10 heteroatoms. The molecule has 2 N–H and O–H groups in total. The van der Waals surface area contributed by atoms with Gasteiger partial charge in [-0.1, -0.05) is 6.07 Å². The van der Waals surface area contributed by atoms with Crippen LogP contribution in [0.2, 0.25) is 0 Å². The first kappa shape index (κ1) is 18.7. The third-order valence-corrected chi connectivity index (χ3v) is 5.54. The Kier molecular flexibility index (Phi) is 5.08. The number of nitriles is 1. The van der Waals surface area contributed by atoms with Gasteiger partial charge in [-0.2, -0.15) is 5.26 Å². The van der Waals surface area contributed by atoms with Gasteiger partial charge in [0.25, 0.3) is 5.56 Å². The van der Waals surface area contributed by atoms with Gasteiger partial charge in [0.2, 0.25) is 11.8 Å². The van der Waals surface area contributed by atoms with E-state index in [9.17, 15) is 13.6 Å². The van der Waals surface area contributed by atoms with Crippen molar-refractivity contribution in [1.82, 2.24) is 14.5 Å². The Morgan fingerprint density at radius 2 is 1.97 bits per heavy atom. The maximum Gasteiger partial charge on any atom is 0.263 e. The van der Waals surface area contributed by atoms with Crippen LogP contribution in [0, 0.1) is 23.0 Å². The molecule has 1 aliphatic rings. The molecule has 8 nitrogen and oxygen atoms in total. The van der Waals surface area contributed by atoms with E-state index in [2.05, 4.69) is 9.97 Å². The largest absolute Gasteiger partial charge is 0.479 e. The lowest BCUT2D eigenvalue weighted by atomic mass is 10.00. The molecule has 1 fully saturated rings. The molecule has 1 aromatic carbocycles. The zero-order valence-electron chi connectivity index (χ0n) is 20.7. The molecular formula is C23H22F2N6O2. The number of anilines is 1. The first-order valence-corrected chi connectivity index (χ1v) is 10.1. The maximum atomic E-state index is 14.6. The molecule has 4 rings (SSSR count). The second-order valence-corrected chi connectivity index (χ2v) is 7.62. The van der Waals surface area contributed by atoms with Gasteiger partial charge in [0.1, 0.15) is 11.9 Å². The van der Waals surface area contributed by atoms with Gasteiger partial charge in [-0.25, -0.2) is 18.7 Å². The van der Waals surface area contributed by atoms with Crippen LogP contribution >= 0.6 is 0 Å². The van der Waals surface area contributed by atoms with Crippen LogP contribution in [0.3, 0.4) is 0 Å². The first-order chi connectivity index (χ1) is 17.0. The summed E-state index contributed by atoms with van der Waals surface area (Å²) in [6.45, 7) is -2.23. The lowest BCUT2D eigenvalue weighted by Gasteiger charge is -2.32. The molecule has 3 heterocycles. The highest BCUT2D eigenvalue weighted by Gasteiger charge is 2.25. The van der Waals surface area contributed by atoms with Gasteiger partial charge in [0, 0.05) is 47.5 Å². The van der Waals surface area contributed by atoms with Crippen molar-refractivity contribution in [2.75, 3.05) is 25.1 Å². The monoisotopic (exact) mass is 455 g/mol. The molecular weight excluding hydrogens is 430 g/mol. The fourth-order valence-electron chi connectivity index (χ4n) is 3.76. The van der Waals surface area contributed by atoms with Gasteiger partial charge < -0.3 is 15.4 Å². The third kappa shape index (κ3) is 4.15. The minimum Gasteiger partial charge on any atom is -0.479 e. The summed E-state index contributed by atoms with van der Waals surface area (Å²) in [5, 5.41) is 9.10. The van der Waals surface area contributed by atoms with E-state index in [1.165, 1.54) is 19.2 Å². The molecule has 170 valence electrons. The van der Waals surface area contributed by atoms with Gasteiger partial charge in [-0.15, -0.1) is 0 Å². The first-order valence-electron chi connectivity index (χ1n) is 11.6. The predicted octanol–water partition coefficient (Wildman–Crippen LogP) is 2.60. The van der Waals surface area contributed by atoms with Gasteiger partial charge in [0.05, 0.1) is 23.9 Å². The van der Waals surface area contributed by atoms with Crippen molar-refractivity contribution in [1.29, 1.82) is 5.26 Å². The number of benzene rings is 1.